The molecule has 4 heteroatoms. The van der Waals surface area contributed by atoms with Crippen LogP contribution in [0.5, 0.6) is 5.75 Å². The van der Waals surface area contributed by atoms with Crippen molar-refractivity contribution in [2.24, 2.45) is 5.92 Å². The minimum absolute atomic E-state index is 0.0282. The lowest BCUT2D eigenvalue weighted by Gasteiger charge is -2.34. The van der Waals surface area contributed by atoms with Crippen LogP contribution in [0.4, 0.5) is 0 Å². The topological polar surface area (TPSA) is 29.5 Å². The van der Waals surface area contributed by atoms with E-state index in [1.165, 1.54) is 12.8 Å². The quantitative estimate of drug-likeness (QED) is 0.764. The summed E-state index contributed by atoms with van der Waals surface area (Å²) in [7, 11) is 0. The maximum atomic E-state index is 12.9. The second-order valence-corrected chi connectivity index (χ2v) is 6.66. The maximum absolute atomic E-state index is 12.9. The molecule has 3 nitrogen and oxygen atoms in total. The number of ether oxygens (including phenoxy) is 1. The van der Waals surface area contributed by atoms with E-state index in [0.717, 1.165) is 42.5 Å². The highest BCUT2D eigenvalue weighted by Gasteiger charge is 2.33. The fourth-order valence-corrected chi connectivity index (χ4v) is 4.02. The van der Waals surface area contributed by atoms with E-state index in [1.807, 2.05) is 18.2 Å². The third kappa shape index (κ3) is 3.25. The molecule has 0 bridgehead atoms. The molecule has 2 aliphatic rings. The van der Waals surface area contributed by atoms with Gasteiger partial charge in [-0.05, 0) is 30.9 Å². The van der Waals surface area contributed by atoms with Gasteiger partial charge in [-0.2, -0.15) is 0 Å². The zero-order valence-electron chi connectivity index (χ0n) is 12.3. The first-order valence-electron chi connectivity index (χ1n) is 7.86. The van der Waals surface area contributed by atoms with Crippen molar-refractivity contribution in [3.63, 3.8) is 0 Å². The number of alkyl halides is 1. The van der Waals surface area contributed by atoms with Gasteiger partial charge in [-0.25, -0.2) is 0 Å². The molecule has 1 aromatic rings. The van der Waals surface area contributed by atoms with Crippen LogP contribution in [0.1, 0.15) is 31.2 Å². The number of carbonyl (C=O) groups is 1. The van der Waals surface area contributed by atoms with Gasteiger partial charge in [0.1, 0.15) is 12.4 Å². The molecule has 114 valence electrons. The van der Waals surface area contributed by atoms with Crippen LogP contribution in [-0.2, 0) is 11.2 Å². The number of halogens is 1. The number of carbonyl (C=O) groups excluding carboxylic acids is 1. The Balaban J connectivity index is 1.73. The Bertz CT molecular complexity index is 505. The summed E-state index contributed by atoms with van der Waals surface area (Å²) >= 11 is 3.58. The molecule has 1 fully saturated rings. The number of nitrogens with zero attached hydrogens (tertiary/aromatic N) is 1. The summed E-state index contributed by atoms with van der Waals surface area (Å²) in [6, 6.07) is 8.40. The summed E-state index contributed by atoms with van der Waals surface area (Å²) in [5.74, 6) is 1.19. The second kappa shape index (κ2) is 6.82. The van der Waals surface area contributed by atoms with Crippen molar-refractivity contribution in [1.82, 2.24) is 4.90 Å². The highest BCUT2D eigenvalue weighted by molar-refractivity contribution is 9.09. The highest BCUT2D eigenvalue weighted by atomic mass is 79.9. The van der Waals surface area contributed by atoms with Crippen molar-refractivity contribution in [1.29, 1.82) is 0 Å². The van der Waals surface area contributed by atoms with Gasteiger partial charge in [-0.15, -0.1) is 0 Å². The lowest BCUT2D eigenvalue weighted by atomic mass is 9.95. The van der Waals surface area contributed by atoms with Crippen LogP contribution < -0.4 is 4.74 Å². The van der Waals surface area contributed by atoms with Gasteiger partial charge in [0.25, 0.3) is 0 Å². The average molecular weight is 352 g/mol. The van der Waals surface area contributed by atoms with E-state index in [4.69, 9.17) is 4.74 Å². The molecule has 0 N–H and O–H groups in total. The lowest BCUT2D eigenvalue weighted by molar-refractivity contribution is -0.138. The Kier molecular flexibility index (Phi) is 4.84. The number of hydrogen-bond donors (Lipinski definition) is 0. The third-order valence-electron chi connectivity index (χ3n) is 4.57. The molecule has 1 saturated heterocycles. The number of hydrogen-bond acceptors (Lipinski definition) is 2. The molecule has 0 spiro atoms. The summed E-state index contributed by atoms with van der Waals surface area (Å²) in [5.41, 5.74) is 1.16. The van der Waals surface area contributed by atoms with E-state index in [9.17, 15) is 4.79 Å². The molecule has 2 atom stereocenters. The third-order valence-corrected chi connectivity index (χ3v) is 5.31. The molecule has 2 aliphatic heterocycles. The fourth-order valence-electron chi connectivity index (χ4n) is 3.35. The summed E-state index contributed by atoms with van der Waals surface area (Å²) in [4.78, 5) is 15.0. The van der Waals surface area contributed by atoms with Crippen LogP contribution >= 0.6 is 15.9 Å². The van der Waals surface area contributed by atoms with Crippen LogP contribution in [0.15, 0.2) is 24.3 Å². The van der Waals surface area contributed by atoms with Crippen LogP contribution in [0.25, 0.3) is 0 Å². The van der Waals surface area contributed by atoms with Crippen molar-refractivity contribution in [2.45, 2.75) is 38.1 Å². The number of amides is 1. The molecular formula is C17H22BrNO2. The molecular weight excluding hydrogens is 330 g/mol. The van der Waals surface area contributed by atoms with Crippen LogP contribution in [0.2, 0.25) is 0 Å². The lowest BCUT2D eigenvalue weighted by Crippen LogP contribution is -2.46. The Morgan fingerprint density at radius 2 is 2.14 bits per heavy atom. The number of para-hydroxylation sites is 1. The van der Waals surface area contributed by atoms with Gasteiger partial charge in [0.15, 0.2) is 0 Å². The zero-order valence-corrected chi connectivity index (χ0v) is 13.8. The highest BCUT2D eigenvalue weighted by Crippen LogP contribution is 2.29. The molecule has 2 heterocycles. The average Bonchev–Trinajstić information content (AvgIpc) is 2.79. The van der Waals surface area contributed by atoms with Crippen molar-refractivity contribution >= 4 is 21.8 Å². The van der Waals surface area contributed by atoms with E-state index in [2.05, 4.69) is 26.9 Å². The van der Waals surface area contributed by atoms with Crippen LogP contribution in [0.3, 0.4) is 0 Å². The summed E-state index contributed by atoms with van der Waals surface area (Å²) in [6.07, 6.45) is 5.50. The predicted octanol–water partition coefficient (Wildman–Crippen LogP) is 3.40. The van der Waals surface area contributed by atoms with E-state index >= 15 is 0 Å². The smallest absolute Gasteiger partial charge is 0.229 e. The van der Waals surface area contributed by atoms with Crippen LogP contribution in [0, 0.1) is 5.92 Å². The van der Waals surface area contributed by atoms with Gasteiger partial charge in [0, 0.05) is 17.9 Å². The molecule has 0 radical (unpaired) electrons. The van der Waals surface area contributed by atoms with E-state index in [-0.39, 0.29) is 11.8 Å². The summed E-state index contributed by atoms with van der Waals surface area (Å²) in [6.45, 7) is 1.41. The maximum Gasteiger partial charge on any atom is 0.229 e. The normalized spacial score (nSPS) is 25.7. The molecule has 0 aliphatic carbocycles. The Morgan fingerprint density at radius 3 is 3.00 bits per heavy atom. The number of rotatable bonds is 2. The van der Waals surface area contributed by atoms with Gasteiger partial charge >= 0.3 is 0 Å². The van der Waals surface area contributed by atoms with Crippen molar-refractivity contribution in [2.75, 3.05) is 18.5 Å². The molecule has 3 rings (SSSR count). The van der Waals surface area contributed by atoms with Crippen LogP contribution in [-0.4, -0.2) is 35.3 Å². The number of likely N-dealkylation sites (tertiary alicyclic amines) is 1. The van der Waals surface area contributed by atoms with Gasteiger partial charge in [0.2, 0.25) is 5.91 Å². The molecule has 21 heavy (non-hydrogen) atoms. The van der Waals surface area contributed by atoms with Crippen molar-refractivity contribution in [3.05, 3.63) is 29.8 Å². The monoisotopic (exact) mass is 351 g/mol. The van der Waals surface area contributed by atoms with Gasteiger partial charge < -0.3 is 9.64 Å². The fraction of sp³-hybridized carbons (Fsp3) is 0.588. The number of benzene rings is 1. The first-order valence-corrected chi connectivity index (χ1v) is 8.99. The van der Waals surface area contributed by atoms with E-state index < -0.39 is 0 Å². The second-order valence-electron chi connectivity index (χ2n) is 6.01. The van der Waals surface area contributed by atoms with Gasteiger partial charge in [-0.1, -0.05) is 47.0 Å². The van der Waals surface area contributed by atoms with E-state index in [0.29, 0.717) is 12.6 Å². The standard InChI is InChI=1S/C17H22BrNO2/c18-11-15-7-2-1-5-9-19(15)17(20)14-10-13-6-3-4-8-16(13)21-12-14/h3-4,6,8,14-15H,1-2,5,7,9-12H2. The van der Waals surface area contributed by atoms with Gasteiger partial charge in [0.05, 0.1) is 5.92 Å². The molecule has 2 unspecified atom stereocenters. The number of fused-ring (bicyclic) bond motifs is 1. The minimum Gasteiger partial charge on any atom is -0.492 e. The molecule has 0 aromatic heterocycles. The van der Waals surface area contributed by atoms with Crippen molar-refractivity contribution in [3.8, 4) is 5.75 Å². The largest absolute Gasteiger partial charge is 0.492 e. The van der Waals surface area contributed by atoms with Gasteiger partial charge in [-0.3, -0.25) is 4.79 Å². The summed E-state index contributed by atoms with van der Waals surface area (Å²) in [5, 5.41) is 0.878. The van der Waals surface area contributed by atoms with E-state index in [1.54, 1.807) is 0 Å². The molecule has 1 aromatic carbocycles. The van der Waals surface area contributed by atoms with Crippen molar-refractivity contribution < 1.29 is 9.53 Å². The first kappa shape index (κ1) is 14.9. The SMILES string of the molecule is O=C(C1COc2ccccc2C1)N1CCCCCC1CBr. The summed E-state index contributed by atoms with van der Waals surface area (Å²) < 4.78 is 5.79. The Labute approximate surface area is 134 Å². The Hall–Kier alpha value is -1.03. The predicted molar refractivity (Wildman–Crippen MR) is 86.9 cm³/mol. The minimum atomic E-state index is -0.0282. The molecule has 1 amide bonds. The zero-order chi connectivity index (χ0) is 14.7. The Morgan fingerprint density at radius 1 is 1.29 bits per heavy atom. The molecule has 0 saturated carbocycles. The first-order chi connectivity index (χ1) is 10.3.